The Kier molecular flexibility index (Phi) is 8.56. The third-order valence-electron chi connectivity index (χ3n) is 6.04. The number of carbonyl (C=O) groups is 1. The predicted molar refractivity (Wildman–Crippen MR) is 141 cm³/mol. The number of amides is 1. The number of alkyl halides is 2. The average Bonchev–Trinajstić information content (AvgIpc) is 3.36. The van der Waals surface area contributed by atoms with Gasteiger partial charge >= 0.3 is 0 Å². The quantitative estimate of drug-likeness (QED) is 0.330. The summed E-state index contributed by atoms with van der Waals surface area (Å²) in [6, 6.07) is 11.5. The van der Waals surface area contributed by atoms with Crippen molar-refractivity contribution in [1.82, 2.24) is 19.8 Å². The second-order valence-electron chi connectivity index (χ2n) is 8.79. The minimum Gasteiger partial charge on any atom is -0.332 e. The van der Waals surface area contributed by atoms with Crippen LogP contribution in [0.25, 0.3) is 6.08 Å². The molecule has 0 spiro atoms. The van der Waals surface area contributed by atoms with Gasteiger partial charge in [0.25, 0.3) is 12.3 Å². The molecule has 0 bridgehead atoms. The van der Waals surface area contributed by atoms with Crippen LogP contribution in [0.15, 0.2) is 54.7 Å². The summed E-state index contributed by atoms with van der Waals surface area (Å²) < 4.78 is 27.7. The molecule has 190 valence electrons. The van der Waals surface area contributed by atoms with E-state index in [9.17, 15) is 13.6 Å². The first kappa shape index (κ1) is 25.9. The third kappa shape index (κ3) is 7.19. The lowest BCUT2D eigenvalue weighted by molar-refractivity contribution is 0.102. The number of anilines is 1. The van der Waals surface area contributed by atoms with E-state index in [4.69, 9.17) is 5.41 Å². The van der Waals surface area contributed by atoms with E-state index in [1.54, 1.807) is 54.7 Å². The van der Waals surface area contributed by atoms with Gasteiger partial charge in [0.15, 0.2) is 0 Å². The summed E-state index contributed by atoms with van der Waals surface area (Å²) in [6.45, 7) is 3.94. The lowest BCUT2D eigenvalue weighted by Crippen LogP contribution is -2.44. The van der Waals surface area contributed by atoms with Gasteiger partial charge in [0, 0.05) is 61.3 Å². The summed E-state index contributed by atoms with van der Waals surface area (Å²) in [4.78, 5) is 24.4. The molecule has 3 N–H and O–H groups in total. The van der Waals surface area contributed by atoms with Crippen LogP contribution in [0.4, 0.5) is 14.5 Å². The van der Waals surface area contributed by atoms with Crippen molar-refractivity contribution >= 4 is 23.9 Å². The number of benzene rings is 2. The molecule has 9 heteroatoms. The van der Waals surface area contributed by atoms with Gasteiger partial charge in [0.05, 0.1) is 6.20 Å². The summed E-state index contributed by atoms with van der Waals surface area (Å²) in [6.07, 6.45) is 3.30. The number of allylic oxidation sites excluding steroid dienone is 1. The Morgan fingerprint density at radius 3 is 2.76 bits per heavy atom. The number of halogens is 2. The lowest BCUT2D eigenvalue weighted by atomic mass is 10.1. The van der Waals surface area contributed by atoms with Gasteiger partial charge in [-0.1, -0.05) is 18.1 Å². The molecule has 0 unspecified atom stereocenters. The largest absolute Gasteiger partial charge is 0.332 e. The first-order valence-corrected chi connectivity index (χ1v) is 11.9. The number of nitrogens with one attached hydrogen (secondary N) is 3. The van der Waals surface area contributed by atoms with Crippen LogP contribution >= 0.6 is 0 Å². The number of hydrogen-bond acceptors (Lipinski definition) is 5. The molecular formula is C28H28F2N6O. The average molecular weight is 503 g/mol. The summed E-state index contributed by atoms with van der Waals surface area (Å²) in [7, 11) is 2.05. The second kappa shape index (κ2) is 12.2. The molecule has 7 nitrogen and oxygen atoms in total. The molecule has 1 saturated heterocycles. The molecule has 37 heavy (non-hydrogen) atoms. The van der Waals surface area contributed by atoms with Crippen molar-refractivity contribution in [2.75, 3.05) is 38.5 Å². The van der Waals surface area contributed by atoms with Crippen LogP contribution in [0.5, 0.6) is 0 Å². The maximum absolute atomic E-state index is 13.8. The number of nitrogens with zero attached hydrogens (tertiary/aromatic N) is 3. The fourth-order valence-electron chi connectivity index (χ4n) is 3.97. The number of rotatable bonds is 7. The molecular weight excluding hydrogens is 474 g/mol. The van der Waals surface area contributed by atoms with Crippen molar-refractivity contribution in [1.29, 1.82) is 5.41 Å². The monoisotopic (exact) mass is 502 g/mol. The molecule has 1 aliphatic rings. The number of aromatic amines is 1. The lowest BCUT2D eigenvalue weighted by Gasteiger charge is -2.32. The van der Waals surface area contributed by atoms with E-state index in [0.29, 0.717) is 40.4 Å². The van der Waals surface area contributed by atoms with E-state index < -0.39 is 12.3 Å². The molecule has 4 rings (SSSR count). The van der Waals surface area contributed by atoms with Crippen molar-refractivity contribution < 1.29 is 13.6 Å². The molecule has 1 fully saturated rings. The number of hydrogen-bond donors (Lipinski definition) is 3. The Hall–Kier alpha value is -4.13. The normalized spacial score (nSPS) is 14.5. The molecule has 2 aromatic carbocycles. The van der Waals surface area contributed by atoms with Gasteiger partial charge in [-0.15, -0.1) is 0 Å². The van der Waals surface area contributed by atoms with E-state index in [1.807, 2.05) is 0 Å². The van der Waals surface area contributed by atoms with E-state index in [0.717, 1.165) is 32.4 Å². The van der Waals surface area contributed by atoms with Crippen LogP contribution in [-0.2, 0) is 6.54 Å². The van der Waals surface area contributed by atoms with Crippen LogP contribution in [0.3, 0.4) is 0 Å². The molecule has 0 atom stereocenters. The first-order valence-electron chi connectivity index (χ1n) is 11.9. The van der Waals surface area contributed by atoms with Crippen LogP contribution in [0.2, 0.25) is 0 Å². The zero-order chi connectivity index (χ0) is 26.2. The van der Waals surface area contributed by atoms with Crippen LogP contribution < -0.4 is 5.32 Å². The Morgan fingerprint density at radius 2 is 2.00 bits per heavy atom. The van der Waals surface area contributed by atoms with Crippen molar-refractivity contribution in [2.45, 2.75) is 13.0 Å². The van der Waals surface area contributed by atoms with E-state index in [-0.39, 0.29) is 5.56 Å². The number of H-pyrrole nitrogens is 1. The summed E-state index contributed by atoms with van der Waals surface area (Å²) in [5, 5.41) is 9.75. The second-order valence-corrected chi connectivity index (χ2v) is 8.79. The van der Waals surface area contributed by atoms with Crippen molar-refractivity contribution in [3.63, 3.8) is 0 Å². The fraction of sp³-hybridized carbons (Fsp3) is 0.250. The maximum atomic E-state index is 13.8. The smallest absolute Gasteiger partial charge is 0.264 e. The highest BCUT2D eigenvalue weighted by Gasteiger charge is 2.19. The highest BCUT2D eigenvalue weighted by molar-refractivity contribution is 6.04. The van der Waals surface area contributed by atoms with Crippen molar-refractivity contribution in [3.8, 4) is 11.8 Å². The number of aromatic nitrogens is 2. The Morgan fingerprint density at radius 1 is 1.19 bits per heavy atom. The number of piperazine rings is 1. The molecule has 0 saturated carbocycles. The maximum Gasteiger partial charge on any atom is 0.264 e. The number of imidazole rings is 1. The van der Waals surface area contributed by atoms with Gasteiger partial charge in [0.1, 0.15) is 11.5 Å². The minimum atomic E-state index is -2.64. The molecule has 2 heterocycles. The fourth-order valence-corrected chi connectivity index (χ4v) is 3.97. The van der Waals surface area contributed by atoms with E-state index in [1.165, 1.54) is 6.07 Å². The molecule has 1 aliphatic heterocycles. The van der Waals surface area contributed by atoms with E-state index >= 15 is 0 Å². The topological polar surface area (TPSA) is 88.1 Å². The van der Waals surface area contributed by atoms with Gasteiger partial charge in [-0.05, 0) is 61.0 Å². The minimum absolute atomic E-state index is 0.0641. The van der Waals surface area contributed by atoms with Gasteiger partial charge < -0.3 is 20.6 Å². The van der Waals surface area contributed by atoms with Crippen molar-refractivity contribution in [3.05, 3.63) is 88.5 Å². The van der Waals surface area contributed by atoms with Crippen LogP contribution in [0, 0.1) is 17.3 Å². The molecule has 3 aromatic rings. The molecule has 0 radical (unpaired) electrons. The van der Waals surface area contributed by atoms with Gasteiger partial charge in [0.2, 0.25) is 0 Å². The third-order valence-corrected chi connectivity index (χ3v) is 6.04. The standard InChI is InChI=1S/C28H28F2N6O/c1-35-12-14-36(15-13-35)19-22-8-10-23(17-25(22)27(29)30)34-28(37)21-5-2-4-20(16-21)7-9-24-18-32-26(33-24)6-3-11-31/h2-6,8,10-11,16-18,27,31H,12-15,19H2,1H3,(H,32,33)(H,34,37)/b6-3-,31-11?. The Labute approximate surface area is 214 Å². The Bertz CT molecular complexity index is 1350. The first-order chi connectivity index (χ1) is 17.9. The van der Waals surface area contributed by atoms with Crippen molar-refractivity contribution in [2.24, 2.45) is 0 Å². The molecule has 0 aliphatic carbocycles. The summed E-state index contributed by atoms with van der Waals surface area (Å²) in [5.41, 5.74) is 2.41. The van der Waals surface area contributed by atoms with Gasteiger partial charge in [-0.25, -0.2) is 13.8 Å². The van der Waals surface area contributed by atoms with Crippen LogP contribution in [0.1, 0.15) is 45.0 Å². The SMILES string of the molecule is CN1CCN(Cc2ccc(NC(=O)c3cccc(C#Cc4cnc(/C=C\C=N)[nH]4)c3)cc2C(F)F)CC1. The highest BCUT2D eigenvalue weighted by atomic mass is 19.3. The molecule has 1 aromatic heterocycles. The predicted octanol–water partition coefficient (Wildman–Crippen LogP) is 4.41. The zero-order valence-electron chi connectivity index (χ0n) is 20.5. The highest BCUT2D eigenvalue weighted by Crippen LogP contribution is 2.28. The van der Waals surface area contributed by atoms with Gasteiger partial charge in [-0.3, -0.25) is 9.69 Å². The van der Waals surface area contributed by atoms with Crippen LogP contribution in [-0.4, -0.2) is 65.1 Å². The number of carbonyl (C=O) groups excluding carboxylic acids is 1. The molecule has 1 amide bonds. The zero-order valence-corrected chi connectivity index (χ0v) is 20.5. The summed E-state index contributed by atoms with van der Waals surface area (Å²) in [5.74, 6) is 6.12. The number of likely N-dealkylation sites (N-methyl/N-ethyl adjacent to an activating group) is 1. The van der Waals surface area contributed by atoms with Gasteiger partial charge in [-0.2, -0.15) is 0 Å². The summed E-state index contributed by atoms with van der Waals surface area (Å²) >= 11 is 0. The van der Waals surface area contributed by atoms with E-state index in [2.05, 4.69) is 44.0 Å². The Balaban J connectivity index is 1.44.